The molecule has 0 fully saturated rings. The van der Waals surface area contributed by atoms with Crippen LogP contribution in [0.2, 0.25) is 5.02 Å². The van der Waals surface area contributed by atoms with Gasteiger partial charge in [-0.1, -0.05) is 23.7 Å². The van der Waals surface area contributed by atoms with Crippen molar-refractivity contribution < 1.29 is 0 Å². The molecule has 0 atom stereocenters. The maximum absolute atomic E-state index is 5.85. The lowest BCUT2D eigenvalue weighted by Gasteiger charge is -2.05. The van der Waals surface area contributed by atoms with Crippen LogP contribution >= 0.6 is 11.6 Å². The molecule has 78 valence electrons. The minimum atomic E-state index is 0.743. The normalized spacial score (nSPS) is 10.3. The van der Waals surface area contributed by atoms with E-state index >= 15 is 0 Å². The number of hydrogen-bond acceptors (Lipinski definition) is 2. The van der Waals surface area contributed by atoms with E-state index in [9.17, 15) is 0 Å². The third-order valence-corrected chi connectivity index (χ3v) is 2.54. The van der Waals surface area contributed by atoms with Gasteiger partial charge in [-0.15, -0.1) is 0 Å². The number of nitrogens with one attached hydrogen (secondary N) is 1. The fourth-order valence-corrected chi connectivity index (χ4v) is 1.69. The summed E-state index contributed by atoms with van der Waals surface area (Å²) in [6, 6.07) is 7.73. The number of rotatable bonds is 2. The van der Waals surface area contributed by atoms with Crippen LogP contribution < -0.4 is 5.32 Å². The molecule has 0 bridgehead atoms. The maximum Gasteiger partial charge on any atom is 0.152 e. The van der Waals surface area contributed by atoms with Crippen molar-refractivity contribution in [1.29, 1.82) is 0 Å². The van der Waals surface area contributed by atoms with Crippen molar-refractivity contribution in [2.45, 2.75) is 0 Å². The summed E-state index contributed by atoms with van der Waals surface area (Å²) in [5.41, 5.74) is 2.16. The standard InChI is InChI=1S/C11H12ClN3/c1-13-11-10(15(2)7-14-11)8-3-5-9(12)6-4-8/h3-7,13H,1-2H3. The summed E-state index contributed by atoms with van der Waals surface area (Å²) < 4.78 is 1.98. The van der Waals surface area contributed by atoms with Crippen LogP contribution in [0.15, 0.2) is 30.6 Å². The maximum atomic E-state index is 5.85. The van der Waals surface area contributed by atoms with E-state index in [2.05, 4.69) is 10.3 Å². The third kappa shape index (κ3) is 1.83. The predicted octanol–water partition coefficient (Wildman–Crippen LogP) is 2.78. The van der Waals surface area contributed by atoms with Crippen molar-refractivity contribution in [3.8, 4) is 11.3 Å². The zero-order valence-electron chi connectivity index (χ0n) is 8.66. The van der Waals surface area contributed by atoms with Crippen LogP contribution in [-0.2, 0) is 7.05 Å². The summed E-state index contributed by atoms with van der Waals surface area (Å²) in [5.74, 6) is 0.875. The topological polar surface area (TPSA) is 29.9 Å². The van der Waals surface area contributed by atoms with Gasteiger partial charge < -0.3 is 9.88 Å². The number of nitrogens with zero attached hydrogens (tertiary/aromatic N) is 2. The molecule has 0 aliphatic carbocycles. The number of aromatic nitrogens is 2. The van der Waals surface area contributed by atoms with E-state index in [1.54, 1.807) is 6.33 Å². The Morgan fingerprint density at radius 1 is 1.27 bits per heavy atom. The van der Waals surface area contributed by atoms with Crippen molar-refractivity contribution >= 4 is 17.4 Å². The second-order valence-electron chi connectivity index (χ2n) is 3.31. The smallest absolute Gasteiger partial charge is 0.152 e. The molecule has 1 heterocycles. The molecule has 0 saturated heterocycles. The van der Waals surface area contributed by atoms with E-state index in [1.165, 1.54) is 0 Å². The Hall–Kier alpha value is -1.48. The van der Waals surface area contributed by atoms with Crippen molar-refractivity contribution in [3.05, 3.63) is 35.6 Å². The number of aryl methyl sites for hydroxylation is 1. The minimum absolute atomic E-state index is 0.743. The Labute approximate surface area is 93.7 Å². The lowest BCUT2D eigenvalue weighted by Crippen LogP contribution is -1.94. The molecule has 0 amide bonds. The average molecular weight is 222 g/mol. The van der Waals surface area contributed by atoms with Gasteiger partial charge in [-0.05, 0) is 12.1 Å². The molecular formula is C11H12ClN3. The highest BCUT2D eigenvalue weighted by atomic mass is 35.5. The summed E-state index contributed by atoms with van der Waals surface area (Å²) in [5, 5.41) is 3.81. The van der Waals surface area contributed by atoms with E-state index in [4.69, 9.17) is 11.6 Å². The Morgan fingerprint density at radius 3 is 2.53 bits per heavy atom. The van der Waals surface area contributed by atoms with Crippen LogP contribution in [0, 0.1) is 0 Å². The molecule has 3 nitrogen and oxygen atoms in total. The summed E-state index contributed by atoms with van der Waals surface area (Å²) in [6.07, 6.45) is 1.79. The summed E-state index contributed by atoms with van der Waals surface area (Å²) in [7, 11) is 3.83. The van der Waals surface area contributed by atoms with Crippen LogP contribution in [0.4, 0.5) is 5.82 Å². The summed E-state index contributed by atoms with van der Waals surface area (Å²) in [6.45, 7) is 0. The monoisotopic (exact) mass is 221 g/mol. The molecule has 0 aliphatic rings. The molecule has 1 aromatic heterocycles. The number of halogens is 1. The van der Waals surface area contributed by atoms with E-state index in [0.29, 0.717) is 0 Å². The van der Waals surface area contributed by atoms with E-state index in [1.807, 2.05) is 42.9 Å². The molecule has 1 aromatic carbocycles. The molecular weight excluding hydrogens is 210 g/mol. The van der Waals surface area contributed by atoms with Gasteiger partial charge in [0.1, 0.15) is 0 Å². The molecule has 0 unspecified atom stereocenters. The van der Waals surface area contributed by atoms with Crippen LogP contribution in [0.3, 0.4) is 0 Å². The average Bonchev–Trinajstić information content (AvgIpc) is 2.61. The predicted molar refractivity (Wildman–Crippen MR) is 63.2 cm³/mol. The molecule has 0 radical (unpaired) electrons. The molecule has 4 heteroatoms. The van der Waals surface area contributed by atoms with Gasteiger partial charge in [0.25, 0.3) is 0 Å². The lowest BCUT2D eigenvalue weighted by molar-refractivity contribution is 0.921. The fourth-order valence-electron chi connectivity index (χ4n) is 1.56. The van der Waals surface area contributed by atoms with E-state index in [-0.39, 0.29) is 0 Å². The van der Waals surface area contributed by atoms with Gasteiger partial charge in [0.2, 0.25) is 0 Å². The first kappa shape index (κ1) is 10.1. The van der Waals surface area contributed by atoms with E-state index < -0.39 is 0 Å². The van der Waals surface area contributed by atoms with Gasteiger partial charge in [-0.2, -0.15) is 0 Å². The largest absolute Gasteiger partial charge is 0.371 e. The molecule has 0 spiro atoms. The fraction of sp³-hybridized carbons (Fsp3) is 0.182. The molecule has 0 aliphatic heterocycles. The first-order valence-corrected chi connectivity index (χ1v) is 5.05. The van der Waals surface area contributed by atoms with Crippen LogP contribution in [-0.4, -0.2) is 16.6 Å². The second-order valence-corrected chi connectivity index (χ2v) is 3.75. The number of benzene rings is 1. The van der Waals surface area contributed by atoms with Crippen LogP contribution in [0.5, 0.6) is 0 Å². The number of hydrogen-bond donors (Lipinski definition) is 1. The highest BCUT2D eigenvalue weighted by Gasteiger charge is 2.09. The lowest BCUT2D eigenvalue weighted by atomic mass is 10.1. The quantitative estimate of drug-likeness (QED) is 0.845. The zero-order valence-corrected chi connectivity index (χ0v) is 9.42. The zero-order chi connectivity index (χ0) is 10.8. The van der Waals surface area contributed by atoms with Crippen molar-refractivity contribution in [1.82, 2.24) is 9.55 Å². The van der Waals surface area contributed by atoms with Gasteiger partial charge in [-0.25, -0.2) is 4.98 Å². The Balaban J connectivity index is 2.52. The number of anilines is 1. The molecule has 15 heavy (non-hydrogen) atoms. The highest BCUT2D eigenvalue weighted by Crippen LogP contribution is 2.26. The van der Waals surface area contributed by atoms with Crippen molar-refractivity contribution in [2.24, 2.45) is 7.05 Å². The van der Waals surface area contributed by atoms with Crippen LogP contribution in [0.1, 0.15) is 0 Å². The first-order valence-electron chi connectivity index (χ1n) is 4.67. The van der Waals surface area contributed by atoms with Crippen molar-refractivity contribution in [3.63, 3.8) is 0 Å². The SMILES string of the molecule is CNc1ncn(C)c1-c1ccc(Cl)cc1. The molecule has 2 rings (SSSR count). The third-order valence-electron chi connectivity index (χ3n) is 2.29. The molecule has 1 N–H and O–H groups in total. The van der Waals surface area contributed by atoms with Crippen molar-refractivity contribution in [2.75, 3.05) is 12.4 Å². The molecule has 0 saturated carbocycles. The van der Waals surface area contributed by atoms with Gasteiger partial charge in [-0.3, -0.25) is 0 Å². The minimum Gasteiger partial charge on any atom is -0.371 e. The summed E-state index contributed by atoms with van der Waals surface area (Å²) in [4.78, 5) is 4.25. The Kier molecular flexibility index (Phi) is 2.64. The summed E-state index contributed by atoms with van der Waals surface area (Å²) >= 11 is 5.85. The second kappa shape index (κ2) is 3.95. The van der Waals surface area contributed by atoms with Gasteiger partial charge in [0, 0.05) is 24.7 Å². The Morgan fingerprint density at radius 2 is 1.93 bits per heavy atom. The van der Waals surface area contributed by atoms with Crippen LogP contribution in [0.25, 0.3) is 11.3 Å². The molecule has 2 aromatic rings. The highest BCUT2D eigenvalue weighted by molar-refractivity contribution is 6.30. The first-order chi connectivity index (χ1) is 7.22. The number of imidazole rings is 1. The van der Waals surface area contributed by atoms with Gasteiger partial charge in [0.15, 0.2) is 5.82 Å². The van der Waals surface area contributed by atoms with Gasteiger partial charge >= 0.3 is 0 Å². The Bertz CT molecular complexity index is 459. The van der Waals surface area contributed by atoms with Gasteiger partial charge in [0.05, 0.1) is 12.0 Å². The van der Waals surface area contributed by atoms with E-state index in [0.717, 1.165) is 22.1 Å².